The van der Waals surface area contributed by atoms with Gasteiger partial charge in [-0.2, -0.15) is 0 Å². The Morgan fingerprint density at radius 2 is 1.95 bits per heavy atom. The Morgan fingerprint density at radius 1 is 1.27 bits per heavy atom. The highest BCUT2D eigenvalue weighted by atomic mass is 16.5. The van der Waals surface area contributed by atoms with E-state index in [9.17, 15) is 4.79 Å². The van der Waals surface area contributed by atoms with Gasteiger partial charge in [0.2, 0.25) is 5.91 Å². The second kappa shape index (κ2) is 8.03. The predicted octanol–water partition coefficient (Wildman–Crippen LogP) is 2.19. The first-order valence-corrected chi connectivity index (χ1v) is 7.91. The Bertz CT molecular complexity index is 482. The maximum atomic E-state index is 12.2. The van der Waals surface area contributed by atoms with E-state index in [0.717, 1.165) is 43.0 Å². The molecular formula is C17H26N2O3. The molecule has 0 spiro atoms. The van der Waals surface area contributed by atoms with Crippen LogP contribution in [-0.4, -0.2) is 44.2 Å². The standard InChI is InChI=1S/C17H26N2O3/c1-4-18-11-10-13-8-9-17(20)19(13)12-14-15(21-2)6-5-7-16(14)22-3/h5-7,13,18H,4,8-12H2,1-3H3. The molecule has 0 bridgehead atoms. The second-order valence-electron chi connectivity index (χ2n) is 5.50. The lowest BCUT2D eigenvalue weighted by Gasteiger charge is -2.26. The molecule has 1 heterocycles. The number of benzene rings is 1. The number of methoxy groups -OCH3 is 2. The average Bonchev–Trinajstić information content (AvgIpc) is 2.88. The molecule has 1 aliphatic rings. The van der Waals surface area contributed by atoms with Gasteiger partial charge in [-0.25, -0.2) is 0 Å². The number of hydrogen-bond acceptors (Lipinski definition) is 4. The van der Waals surface area contributed by atoms with Crippen molar-refractivity contribution in [2.45, 2.75) is 38.8 Å². The highest BCUT2D eigenvalue weighted by Gasteiger charge is 2.31. The molecule has 1 fully saturated rings. The molecule has 1 amide bonds. The zero-order chi connectivity index (χ0) is 15.9. The number of rotatable bonds is 8. The molecule has 0 aliphatic carbocycles. The number of carbonyl (C=O) groups excluding carboxylic acids is 1. The number of hydrogen-bond donors (Lipinski definition) is 1. The van der Waals surface area contributed by atoms with Crippen LogP contribution < -0.4 is 14.8 Å². The summed E-state index contributed by atoms with van der Waals surface area (Å²) >= 11 is 0. The van der Waals surface area contributed by atoms with E-state index >= 15 is 0 Å². The first-order valence-electron chi connectivity index (χ1n) is 7.91. The molecule has 1 saturated heterocycles. The summed E-state index contributed by atoms with van der Waals surface area (Å²) in [7, 11) is 3.29. The minimum absolute atomic E-state index is 0.217. The quantitative estimate of drug-likeness (QED) is 0.748. The highest BCUT2D eigenvalue weighted by Crippen LogP contribution is 2.32. The second-order valence-corrected chi connectivity index (χ2v) is 5.50. The van der Waals surface area contributed by atoms with Crippen LogP contribution in [0, 0.1) is 0 Å². The molecule has 5 nitrogen and oxygen atoms in total. The van der Waals surface area contributed by atoms with Gasteiger partial charge < -0.3 is 19.7 Å². The molecule has 1 aromatic rings. The van der Waals surface area contributed by atoms with Gasteiger partial charge in [-0.15, -0.1) is 0 Å². The van der Waals surface area contributed by atoms with Crippen molar-refractivity contribution in [3.63, 3.8) is 0 Å². The summed E-state index contributed by atoms with van der Waals surface area (Å²) in [6.07, 6.45) is 2.55. The van der Waals surface area contributed by atoms with E-state index in [1.807, 2.05) is 23.1 Å². The van der Waals surface area contributed by atoms with E-state index in [1.54, 1.807) is 14.2 Å². The first kappa shape index (κ1) is 16.6. The van der Waals surface area contributed by atoms with Crippen LogP contribution in [0.25, 0.3) is 0 Å². The summed E-state index contributed by atoms with van der Waals surface area (Å²) in [5.41, 5.74) is 0.941. The van der Waals surface area contributed by atoms with Crippen molar-refractivity contribution < 1.29 is 14.3 Å². The third-order valence-electron chi connectivity index (χ3n) is 4.22. The fraction of sp³-hybridized carbons (Fsp3) is 0.588. The predicted molar refractivity (Wildman–Crippen MR) is 86.3 cm³/mol. The molecule has 0 radical (unpaired) electrons. The number of likely N-dealkylation sites (tertiary alicyclic amines) is 1. The van der Waals surface area contributed by atoms with E-state index in [1.165, 1.54) is 0 Å². The van der Waals surface area contributed by atoms with Crippen LogP contribution in [0.15, 0.2) is 18.2 Å². The van der Waals surface area contributed by atoms with E-state index in [-0.39, 0.29) is 5.91 Å². The average molecular weight is 306 g/mol. The lowest BCUT2D eigenvalue weighted by Crippen LogP contribution is -2.35. The third-order valence-corrected chi connectivity index (χ3v) is 4.22. The third kappa shape index (κ3) is 3.71. The molecule has 22 heavy (non-hydrogen) atoms. The van der Waals surface area contributed by atoms with Crippen molar-refractivity contribution in [3.05, 3.63) is 23.8 Å². The van der Waals surface area contributed by atoms with E-state index < -0.39 is 0 Å². The summed E-state index contributed by atoms with van der Waals surface area (Å²) in [5.74, 6) is 1.75. The van der Waals surface area contributed by atoms with Crippen LogP contribution in [0.3, 0.4) is 0 Å². The van der Waals surface area contributed by atoms with Crippen LogP contribution in [0.2, 0.25) is 0 Å². The molecule has 1 N–H and O–H groups in total. The lowest BCUT2D eigenvalue weighted by molar-refractivity contribution is -0.129. The van der Waals surface area contributed by atoms with Crippen LogP contribution in [0.4, 0.5) is 0 Å². The first-order chi connectivity index (χ1) is 10.7. The smallest absolute Gasteiger partial charge is 0.223 e. The van der Waals surface area contributed by atoms with Crippen LogP contribution in [0.1, 0.15) is 31.7 Å². The number of carbonyl (C=O) groups is 1. The molecule has 1 unspecified atom stereocenters. The van der Waals surface area contributed by atoms with Gasteiger partial charge in [0.1, 0.15) is 11.5 Å². The van der Waals surface area contributed by atoms with Crippen molar-refractivity contribution in [1.82, 2.24) is 10.2 Å². The normalized spacial score (nSPS) is 17.9. The molecule has 0 saturated carbocycles. The van der Waals surface area contributed by atoms with Gasteiger partial charge >= 0.3 is 0 Å². The monoisotopic (exact) mass is 306 g/mol. The van der Waals surface area contributed by atoms with Crippen molar-refractivity contribution in [2.24, 2.45) is 0 Å². The van der Waals surface area contributed by atoms with Crippen molar-refractivity contribution in [1.29, 1.82) is 0 Å². The topological polar surface area (TPSA) is 50.8 Å². The summed E-state index contributed by atoms with van der Waals surface area (Å²) in [4.78, 5) is 14.2. The maximum Gasteiger partial charge on any atom is 0.223 e. The molecular weight excluding hydrogens is 280 g/mol. The zero-order valence-electron chi connectivity index (χ0n) is 13.7. The van der Waals surface area contributed by atoms with Gasteiger partial charge in [-0.3, -0.25) is 4.79 Å². The summed E-state index contributed by atoms with van der Waals surface area (Å²) in [6, 6.07) is 6.01. The molecule has 5 heteroatoms. The number of ether oxygens (including phenoxy) is 2. The van der Waals surface area contributed by atoms with Gasteiger partial charge in [-0.1, -0.05) is 13.0 Å². The van der Waals surface area contributed by atoms with E-state index in [4.69, 9.17) is 9.47 Å². The van der Waals surface area contributed by atoms with E-state index in [0.29, 0.717) is 19.0 Å². The molecule has 1 aromatic carbocycles. The van der Waals surface area contributed by atoms with Crippen molar-refractivity contribution in [3.8, 4) is 11.5 Å². The summed E-state index contributed by atoms with van der Waals surface area (Å²) < 4.78 is 10.9. The number of nitrogens with zero attached hydrogens (tertiary/aromatic N) is 1. The van der Waals surface area contributed by atoms with E-state index in [2.05, 4.69) is 12.2 Å². The minimum atomic E-state index is 0.217. The Balaban J connectivity index is 2.15. The van der Waals surface area contributed by atoms with Crippen molar-refractivity contribution >= 4 is 5.91 Å². The Labute approximate surface area is 132 Å². The highest BCUT2D eigenvalue weighted by molar-refractivity contribution is 5.79. The lowest BCUT2D eigenvalue weighted by atomic mass is 10.1. The van der Waals surface area contributed by atoms with Crippen molar-refractivity contribution in [2.75, 3.05) is 27.3 Å². The van der Waals surface area contributed by atoms with Crippen LogP contribution in [-0.2, 0) is 11.3 Å². The van der Waals surface area contributed by atoms with Gasteiger partial charge in [0.05, 0.1) is 26.3 Å². The number of nitrogens with one attached hydrogen (secondary N) is 1. The molecule has 2 rings (SSSR count). The largest absolute Gasteiger partial charge is 0.496 e. The molecule has 1 atom stereocenters. The van der Waals surface area contributed by atoms with Gasteiger partial charge in [0.25, 0.3) is 0 Å². The maximum absolute atomic E-state index is 12.2. The fourth-order valence-corrected chi connectivity index (χ4v) is 3.01. The number of amides is 1. The van der Waals surface area contributed by atoms with Gasteiger partial charge in [0.15, 0.2) is 0 Å². The van der Waals surface area contributed by atoms with Gasteiger partial charge in [-0.05, 0) is 38.1 Å². The van der Waals surface area contributed by atoms with Gasteiger partial charge in [0, 0.05) is 12.5 Å². The molecule has 0 aromatic heterocycles. The Hall–Kier alpha value is -1.75. The molecule has 122 valence electrons. The zero-order valence-corrected chi connectivity index (χ0v) is 13.7. The summed E-state index contributed by atoms with van der Waals surface area (Å²) in [6.45, 7) is 4.54. The Kier molecular flexibility index (Phi) is 6.07. The van der Waals surface area contributed by atoms with Crippen LogP contribution >= 0.6 is 0 Å². The SMILES string of the molecule is CCNCCC1CCC(=O)N1Cc1c(OC)cccc1OC. The minimum Gasteiger partial charge on any atom is -0.496 e. The fourth-order valence-electron chi connectivity index (χ4n) is 3.01. The summed E-state index contributed by atoms with van der Waals surface area (Å²) in [5, 5.41) is 3.33. The Morgan fingerprint density at radius 3 is 2.55 bits per heavy atom. The molecule has 1 aliphatic heterocycles. The van der Waals surface area contributed by atoms with Crippen LogP contribution in [0.5, 0.6) is 11.5 Å².